The first-order chi connectivity index (χ1) is 24.1. The maximum Gasteiger partial charge on any atom is 0.137 e. The second-order valence-corrected chi connectivity index (χ2v) is 12.5. The molecular weight excluding hydrogens is 599 g/mol. The Morgan fingerprint density at radius 2 is 1.12 bits per heavy atom. The highest BCUT2D eigenvalue weighted by Crippen LogP contribution is 2.39. The van der Waals surface area contributed by atoms with Crippen molar-refractivity contribution in [2.45, 2.75) is 13.8 Å². The molecule has 0 saturated heterocycles. The Morgan fingerprint density at radius 3 is 1.92 bits per heavy atom. The van der Waals surface area contributed by atoms with Crippen LogP contribution < -0.4 is 0 Å². The van der Waals surface area contributed by atoms with Gasteiger partial charge in [-0.25, -0.2) is 4.98 Å². The molecule has 5 heteroatoms. The van der Waals surface area contributed by atoms with Crippen molar-refractivity contribution >= 4 is 27.5 Å². The van der Waals surface area contributed by atoms with Gasteiger partial charge >= 0.3 is 0 Å². The minimum absolute atomic E-state index is 0.907. The first-order valence-corrected chi connectivity index (χ1v) is 16.5. The zero-order chi connectivity index (χ0) is 32.9. The standard InChI is InChI=1S/C44H31N5/c1-28-22-34(23-29(2)47-28)36-24-35(25-37(26-36)39-27-33-12-8-19-45-41(33)43-38(39)13-9-20-46-43)30-15-17-31(18-16-30)42-44(32-10-4-3-5-11-32)49-21-7-6-14-40(49)48-42/h3-27H,1-2H3. The van der Waals surface area contributed by atoms with Crippen molar-refractivity contribution in [3.63, 3.8) is 0 Å². The van der Waals surface area contributed by atoms with Gasteiger partial charge in [0, 0.05) is 51.9 Å². The zero-order valence-corrected chi connectivity index (χ0v) is 27.2. The third-order valence-electron chi connectivity index (χ3n) is 9.19. The average Bonchev–Trinajstić information content (AvgIpc) is 3.54. The largest absolute Gasteiger partial charge is 0.299 e. The van der Waals surface area contributed by atoms with E-state index in [2.05, 4.69) is 139 Å². The quantitative estimate of drug-likeness (QED) is 0.178. The molecule has 0 amide bonds. The van der Waals surface area contributed by atoms with Crippen molar-refractivity contribution in [3.8, 4) is 55.9 Å². The lowest BCUT2D eigenvalue weighted by Crippen LogP contribution is -1.92. The molecule has 5 aromatic heterocycles. The Morgan fingerprint density at radius 1 is 0.469 bits per heavy atom. The summed E-state index contributed by atoms with van der Waals surface area (Å²) in [5.74, 6) is 0. The van der Waals surface area contributed by atoms with Crippen LogP contribution in [0.4, 0.5) is 0 Å². The number of aryl methyl sites for hydroxylation is 2. The van der Waals surface area contributed by atoms with Crippen LogP contribution >= 0.6 is 0 Å². The van der Waals surface area contributed by atoms with Crippen LogP contribution in [0.5, 0.6) is 0 Å². The van der Waals surface area contributed by atoms with Gasteiger partial charge in [0.15, 0.2) is 0 Å². The van der Waals surface area contributed by atoms with Gasteiger partial charge in [-0.15, -0.1) is 0 Å². The molecule has 5 heterocycles. The Labute approximate surface area is 284 Å². The molecule has 0 aliphatic heterocycles. The molecule has 0 fully saturated rings. The van der Waals surface area contributed by atoms with Gasteiger partial charge in [0.1, 0.15) is 5.65 Å². The molecular formula is C44H31N5. The van der Waals surface area contributed by atoms with Gasteiger partial charge in [0.25, 0.3) is 0 Å². The van der Waals surface area contributed by atoms with Crippen molar-refractivity contribution in [3.05, 3.63) is 163 Å². The Balaban J connectivity index is 1.22. The van der Waals surface area contributed by atoms with Crippen LogP contribution in [0.1, 0.15) is 11.4 Å². The molecule has 232 valence electrons. The van der Waals surface area contributed by atoms with E-state index >= 15 is 0 Å². The number of aromatic nitrogens is 5. The molecule has 0 aliphatic rings. The second kappa shape index (κ2) is 11.7. The molecule has 9 rings (SSSR count). The van der Waals surface area contributed by atoms with Gasteiger partial charge in [0.05, 0.1) is 22.4 Å². The predicted octanol–water partition coefficient (Wildman–Crippen LogP) is 10.8. The van der Waals surface area contributed by atoms with E-state index < -0.39 is 0 Å². The van der Waals surface area contributed by atoms with E-state index in [0.717, 1.165) is 94.7 Å². The summed E-state index contributed by atoms with van der Waals surface area (Å²) in [5.41, 5.74) is 15.8. The van der Waals surface area contributed by atoms with Crippen LogP contribution in [0.15, 0.2) is 152 Å². The van der Waals surface area contributed by atoms with Crippen LogP contribution in [0.3, 0.4) is 0 Å². The van der Waals surface area contributed by atoms with Crippen molar-refractivity contribution in [2.24, 2.45) is 0 Å². The fraction of sp³-hybridized carbons (Fsp3) is 0.0455. The lowest BCUT2D eigenvalue weighted by molar-refractivity contribution is 1.12. The Bertz CT molecular complexity index is 2650. The number of hydrogen-bond donors (Lipinski definition) is 0. The molecule has 0 radical (unpaired) electrons. The Hall–Kier alpha value is -6.46. The predicted molar refractivity (Wildman–Crippen MR) is 200 cm³/mol. The molecule has 0 unspecified atom stereocenters. The molecule has 0 spiro atoms. The van der Waals surface area contributed by atoms with E-state index in [1.165, 1.54) is 0 Å². The van der Waals surface area contributed by atoms with E-state index in [-0.39, 0.29) is 0 Å². The summed E-state index contributed by atoms with van der Waals surface area (Å²) in [6.45, 7) is 4.11. The zero-order valence-electron chi connectivity index (χ0n) is 27.2. The first kappa shape index (κ1) is 28.7. The van der Waals surface area contributed by atoms with Crippen LogP contribution in [-0.2, 0) is 0 Å². The van der Waals surface area contributed by atoms with Crippen molar-refractivity contribution < 1.29 is 0 Å². The van der Waals surface area contributed by atoms with Crippen LogP contribution in [0, 0.1) is 13.8 Å². The number of pyridine rings is 4. The molecule has 5 nitrogen and oxygen atoms in total. The van der Waals surface area contributed by atoms with E-state index in [0.29, 0.717) is 0 Å². The monoisotopic (exact) mass is 629 g/mol. The lowest BCUT2D eigenvalue weighted by Gasteiger charge is -2.15. The smallest absolute Gasteiger partial charge is 0.137 e. The van der Waals surface area contributed by atoms with E-state index in [4.69, 9.17) is 15.0 Å². The third-order valence-corrected chi connectivity index (χ3v) is 9.19. The van der Waals surface area contributed by atoms with Crippen LogP contribution in [0.2, 0.25) is 0 Å². The lowest BCUT2D eigenvalue weighted by atomic mass is 9.90. The minimum atomic E-state index is 0.907. The first-order valence-electron chi connectivity index (χ1n) is 16.5. The average molecular weight is 630 g/mol. The van der Waals surface area contributed by atoms with Gasteiger partial charge in [-0.3, -0.25) is 19.4 Å². The van der Waals surface area contributed by atoms with Crippen molar-refractivity contribution in [1.29, 1.82) is 0 Å². The van der Waals surface area contributed by atoms with Crippen molar-refractivity contribution in [2.75, 3.05) is 0 Å². The highest BCUT2D eigenvalue weighted by atomic mass is 15.0. The van der Waals surface area contributed by atoms with Gasteiger partial charge in [-0.05, 0) is 108 Å². The number of fused-ring (bicyclic) bond motifs is 4. The fourth-order valence-electron chi connectivity index (χ4n) is 7.02. The van der Waals surface area contributed by atoms with Crippen LogP contribution in [-0.4, -0.2) is 24.3 Å². The summed E-state index contributed by atoms with van der Waals surface area (Å²) in [7, 11) is 0. The van der Waals surface area contributed by atoms with Gasteiger partial charge in [-0.1, -0.05) is 72.8 Å². The molecule has 9 aromatic rings. The maximum absolute atomic E-state index is 5.09. The van der Waals surface area contributed by atoms with Crippen molar-refractivity contribution in [1.82, 2.24) is 24.3 Å². The minimum Gasteiger partial charge on any atom is -0.299 e. The van der Waals surface area contributed by atoms with E-state index in [1.54, 1.807) is 0 Å². The third kappa shape index (κ3) is 5.13. The summed E-state index contributed by atoms with van der Waals surface area (Å²) >= 11 is 0. The number of hydrogen-bond acceptors (Lipinski definition) is 4. The Kier molecular flexibility index (Phi) is 6.83. The maximum atomic E-state index is 5.09. The molecule has 49 heavy (non-hydrogen) atoms. The van der Waals surface area contributed by atoms with Gasteiger partial charge in [0.2, 0.25) is 0 Å². The highest BCUT2D eigenvalue weighted by Gasteiger charge is 2.17. The molecule has 0 saturated carbocycles. The number of nitrogens with zero attached hydrogens (tertiary/aromatic N) is 5. The summed E-state index contributed by atoms with van der Waals surface area (Å²) in [6, 6.07) is 47.1. The highest BCUT2D eigenvalue weighted by molar-refractivity contribution is 6.10. The normalized spacial score (nSPS) is 11.5. The van der Waals surface area contributed by atoms with E-state index in [9.17, 15) is 0 Å². The summed E-state index contributed by atoms with van der Waals surface area (Å²) in [6.07, 6.45) is 5.76. The second-order valence-electron chi connectivity index (χ2n) is 12.5. The summed E-state index contributed by atoms with van der Waals surface area (Å²) < 4.78 is 2.17. The summed E-state index contributed by atoms with van der Waals surface area (Å²) in [5, 5.41) is 2.15. The fourth-order valence-corrected chi connectivity index (χ4v) is 7.02. The molecule has 0 bridgehead atoms. The topological polar surface area (TPSA) is 56.0 Å². The van der Waals surface area contributed by atoms with Gasteiger partial charge < -0.3 is 0 Å². The number of benzene rings is 4. The SMILES string of the molecule is Cc1cc(-c2cc(-c3ccc(-c4nc5ccccn5c4-c4ccccc4)cc3)cc(-c3cc4cccnc4c4ncccc34)c2)cc(C)n1. The van der Waals surface area contributed by atoms with Gasteiger partial charge in [-0.2, -0.15) is 0 Å². The molecule has 0 atom stereocenters. The number of imidazole rings is 1. The van der Waals surface area contributed by atoms with E-state index in [1.807, 2.05) is 36.7 Å². The summed E-state index contributed by atoms with van der Waals surface area (Å²) in [4.78, 5) is 19.2. The number of rotatable bonds is 5. The molecule has 0 N–H and O–H groups in total. The van der Waals surface area contributed by atoms with Crippen LogP contribution in [0.25, 0.3) is 83.3 Å². The molecule has 0 aliphatic carbocycles. The molecule has 4 aromatic carbocycles.